The number of tetrazole rings is 1. The SMILES string of the molecule is C#CCOC(C)[C@H](NC(=O)[C@H](C)N(C)C(=O)OCC1c2ccccc2-c2ccccc21)C(=O)N1CCC[C@H]1Cn1nnnc1Oc1ccccc1. The van der Waals surface area contributed by atoms with Crippen LogP contribution >= 0.6 is 0 Å². The highest BCUT2D eigenvalue weighted by Gasteiger charge is 2.39. The maximum absolute atomic E-state index is 14.2. The fourth-order valence-electron chi connectivity index (χ4n) is 6.63. The largest absolute Gasteiger partial charge is 0.448 e. The normalized spacial score (nSPS) is 16.7. The minimum absolute atomic E-state index is 0.0513. The molecule has 2 heterocycles. The smallest absolute Gasteiger partial charge is 0.410 e. The van der Waals surface area contributed by atoms with E-state index in [1.165, 1.54) is 16.6 Å². The van der Waals surface area contributed by atoms with E-state index >= 15 is 0 Å². The van der Waals surface area contributed by atoms with Gasteiger partial charge in [-0.15, -0.1) is 6.42 Å². The first-order valence-electron chi connectivity index (χ1n) is 17.0. The molecule has 0 radical (unpaired) electrons. The van der Waals surface area contributed by atoms with Crippen LogP contribution in [-0.2, 0) is 25.6 Å². The summed E-state index contributed by atoms with van der Waals surface area (Å²) in [6, 6.07) is 23.1. The maximum Gasteiger partial charge on any atom is 0.410 e. The zero-order valence-corrected chi connectivity index (χ0v) is 28.8. The Hall–Kier alpha value is -5.74. The molecule has 1 fully saturated rings. The van der Waals surface area contributed by atoms with Crippen LogP contribution in [0.15, 0.2) is 78.9 Å². The summed E-state index contributed by atoms with van der Waals surface area (Å²) in [7, 11) is 1.50. The van der Waals surface area contributed by atoms with Crippen molar-refractivity contribution in [3.63, 3.8) is 0 Å². The van der Waals surface area contributed by atoms with Crippen molar-refractivity contribution >= 4 is 17.9 Å². The fraction of sp³-hybridized carbons (Fsp3) is 0.368. The molecule has 4 atom stereocenters. The molecule has 1 unspecified atom stereocenters. The van der Waals surface area contributed by atoms with Gasteiger partial charge in [0.15, 0.2) is 0 Å². The Morgan fingerprint density at radius 2 is 1.67 bits per heavy atom. The van der Waals surface area contributed by atoms with Crippen molar-refractivity contribution < 1.29 is 28.6 Å². The first-order valence-corrected chi connectivity index (χ1v) is 17.0. The van der Waals surface area contributed by atoms with Gasteiger partial charge in [0.05, 0.1) is 18.7 Å². The second kappa shape index (κ2) is 15.9. The van der Waals surface area contributed by atoms with E-state index in [-0.39, 0.29) is 43.6 Å². The average Bonchev–Trinajstić information content (AvgIpc) is 3.89. The number of hydrogen-bond donors (Lipinski definition) is 1. The lowest BCUT2D eigenvalue weighted by atomic mass is 9.98. The summed E-state index contributed by atoms with van der Waals surface area (Å²) >= 11 is 0. The molecular weight excluding hydrogens is 650 g/mol. The van der Waals surface area contributed by atoms with E-state index < -0.39 is 30.2 Å². The van der Waals surface area contributed by atoms with Gasteiger partial charge < -0.3 is 24.4 Å². The minimum atomic E-state index is -1.08. The first kappa shape index (κ1) is 35.1. The quantitative estimate of drug-likeness (QED) is 0.204. The molecule has 51 heavy (non-hydrogen) atoms. The van der Waals surface area contributed by atoms with Gasteiger partial charge in [-0.05, 0) is 71.5 Å². The van der Waals surface area contributed by atoms with E-state index in [4.69, 9.17) is 20.6 Å². The molecule has 264 valence electrons. The van der Waals surface area contributed by atoms with E-state index in [0.717, 1.165) is 28.7 Å². The lowest BCUT2D eigenvalue weighted by Gasteiger charge is -2.33. The van der Waals surface area contributed by atoms with Crippen molar-refractivity contribution in [1.82, 2.24) is 35.3 Å². The van der Waals surface area contributed by atoms with Gasteiger partial charge in [-0.3, -0.25) is 14.5 Å². The van der Waals surface area contributed by atoms with Gasteiger partial charge in [-0.2, -0.15) is 4.68 Å². The lowest BCUT2D eigenvalue weighted by Crippen LogP contribution is -2.58. The third-order valence-corrected chi connectivity index (χ3v) is 9.54. The minimum Gasteiger partial charge on any atom is -0.448 e. The summed E-state index contributed by atoms with van der Waals surface area (Å²) < 4.78 is 18.9. The Labute approximate surface area is 296 Å². The fourth-order valence-corrected chi connectivity index (χ4v) is 6.63. The van der Waals surface area contributed by atoms with E-state index in [0.29, 0.717) is 18.7 Å². The molecule has 0 saturated carbocycles. The van der Waals surface area contributed by atoms with Crippen LogP contribution < -0.4 is 10.1 Å². The standard InChI is InChI=1S/C38H41N7O6/c1-5-22-49-26(3)34(36(47)44-21-13-14-27(44)23-45-37(40-41-42-45)51-28-15-7-6-8-16-28)39-35(46)25(2)43(4)38(48)50-24-33-31-19-11-9-17-29(31)30-18-10-12-20-32(30)33/h1,6-12,15-20,25-27,33-34H,13-14,21-24H2,2-4H3,(H,39,46)/t25-,26?,27-,34-/m0/s1. The van der Waals surface area contributed by atoms with Gasteiger partial charge in [0, 0.05) is 19.5 Å². The maximum atomic E-state index is 14.2. The summed E-state index contributed by atoms with van der Waals surface area (Å²) in [5.74, 6) is 1.98. The number of carbonyl (C=O) groups excluding carboxylic acids is 3. The number of amides is 3. The van der Waals surface area contributed by atoms with Crippen molar-refractivity contribution in [2.45, 2.75) is 63.4 Å². The van der Waals surface area contributed by atoms with Crippen LogP contribution in [-0.4, -0.2) is 99.0 Å². The van der Waals surface area contributed by atoms with Gasteiger partial charge in [0.2, 0.25) is 11.8 Å². The van der Waals surface area contributed by atoms with Crippen molar-refractivity contribution in [3.8, 4) is 35.2 Å². The summed E-state index contributed by atoms with van der Waals surface area (Å²) in [5.41, 5.74) is 4.41. The monoisotopic (exact) mass is 691 g/mol. The van der Waals surface area contributed by atoms with Gasteiger partial charge in [-0.25, -0.2) is 4.79 Å². The topological polar surface area (TPSA) is 141 Å². The van der Waals surface area contributed by atoms with Crippen LogP contribution in [0, 0.1) is 12.3 Å². The number of likely N-dealkylation sites (tertiary alicyclic amines) is 1. The zero-order chi connectivity index (χ0) is 35.9. The summed E-state index contributed by atoms with van der Waals surface area (Å²) in [6.45, 7) is 4.06. The third-order valence-electron chi connectivity index (χ3n) is 9.54. The van der Waals surface area contributed by atoms with Gasteiger partial charge in [0.25, 0.3) is 0 Å². The molecule has 6 rings (SSSR count). The van der Waals surface area contributed by atoms with Gasteiger partial charge in [0.1, 0.15) is 31.0 Å². The van der Waals surface area contributed by atoms with Crippen LogP contribution in [0.5, 0.6) is 11.8 Å². The Morgan fingerprint density at radius 1 is 1.00 bits per heavy atom. The molecule has 3 amide bonds. The molecule has 1 aliphatic carbocycles. The van der Waals surface area contributed by atoms with Crippen LogP contribution in [0.1, 0.15) is 43.7 Å². The summed E-state index contributed by atoms with van der Waals surface area (Å²) in [4.78, 5) is 44.0. The predicted octanol–water partition coefficient (Wildman–Crippen LogP) is 4.25. The number of terminal acetylenes is 1. The number of hydrogen-bond acceptors (Lipinski definition) is 9. The van der Waals surface area contributed by atoms with Crippen molar-refractivity contribution in [1.29, 1.82) is 0 Å². The van der Waals surface area contributed by atoms with Crippen LogP contribution in [0.4, 0.5) is 4.79 Å². The number of likely N-dealkylation sites (N-methyl/N-ethyl adjacent to an activating group) is 1. The average molecular weight is 692 g/mol. The molecule has 3 aromatic carbocycles. The molecule has 13 heteroatoms. The number of benzene rings is 3. The number of ether oxygens (including phenoxy) is 3. The van der Waals surface area contributed by atoms with E-state index in [2.05, 4.69) is 38.9 Å². The Balaban J connectivity index is 1.10. The number of fused-ring (bicyclic) bond motifs is 3. The Morgan fingerprint density at radius 3 is 2.35 bits per heavy atom. The zero-order valence-electron chi connectivity index (χ0n) is 28.8. The van der Waals surface area contributed by atoms with Gasteiger partial charge in [-0.1, -0.05) is 77.7 Å². The predicted molar refractivity (Wildman–Crippen MR) is 188 cm³/mol. The second-order valence-electron chi connectivity index (χ2n) is 12.7. The number of para-hydroxylation sites is 1. The number of nitrogens with zero attached hydrogens (tertiary/aromatic N) is 6. The molecule has 0 bridgehead atoms. The highest BCUT2D eigenvalue weighted by molar-refractivity contribution is 5.91. The second-order valence-corrected chi connectivity index (χ2v) is 12.7. The molecule has 1 aliphatic heterocycles. The van der Waals surface area contributed by atoms with Crippen LogP contribution in [0.3, 0.4) is 0 Å². The molecule has 1 N–H and O–H groups in total. The van der Waals surface area contributed by atoms with E-state index in [1.807, 2.05) is 54.6 Å². The van der Waals surface area contributed by atoms with E-state index in [9.17, 15) is 14.4 Å². The van der Waals surface area contributed by atoms with Crippen molar-refractivity contribution in [3.05, 3.63) is 90.0 Å². The first-order chi connectivity index (χ1) is 24.8. The lowest BCUT2D eigenvalue weighted by molar-refractivity contribution is -0.142. The molecule has 1 saturated heterocycles. The molecular formula is C38H41N7O6. The number of aromatic nitrogens is 4. The molecule has 13 nitrogen and oxygen atoms in total. The van der Waals surface area contributed by atoms with Crippen LogP contribution in [0.25, 0.3) is 11.1 Å². The van der Waals surface area contributed by atoms with Crippen molar-refractivity contribution in [2.24, 2.45) is 0 Å². The highest BCUT2D eigenvalue weighted by Crippen LogP contribution is 2.44. The molecule has 1 aromatic heterocycles. The van der Waals surface area contributed by atoms with Gasteiger partial charge >= 0.3 is 12.1 Å². The highest BCUT2D eigenvalue weighted by atomic mass is 16.6. The number of nitrogens with one attached hydrogen (secondary N) is 1. The number of carbonyl (C=O) groups is 3. The molecule has 2 aliphatic rings. The molecule has 0 spiro atoms. The Kier molecular flexibility index (Phi) is 10.9. The van der Waals surface area contributed by atoms with Crippen LogP contribution in [0.2, 0.25) is 0 Å². The number of rotatable bonds is 13. The van der Waals surface area contributed by atoms with Crippen molar-refractivity contribution in [2.75, 3.05) is 26.8 Å². The third kappa shape index (κ3) is 7.71. The Bertz CT molecular complexity index is 1850. The summed E-state index contributed by atoms with van der Waals surface area (Å²) in [5, 5.41) is 14.7. The summed E-state index contributed by atoms with van der Waals surface area (Å²) in [6.07, 6.45) is 5.45. The molecule has 4 aromatic rings. The van der Waals surface area contributed by atoms with E-state index in [1.54, 1.807) is 30.9 Å².